The number of nitrogens with zero attached hydrogens (tertiary/aromatic N) is 2. The van der Waals surface area contributed by atoms with Crippen LogP contribution in [0, 0.1) is 20.8 Å². The van der Waals surface area contributed by atoms with E-state index in [1.54, 1.807) is 27.8 Å². The van der Waals surface area contributed by atoms with E-state index < -0.39 is 18.4 Å². The van der Waals surface area contributed by atoms with E-state index in [2.05, 4.69) is 10.1 Å². The molecule has 0 unspecified atom stereocenters. The summed E-state index contributed by atoms with van der Waals surface area (Å²) in [5.74, 6) is -2.22. The molecule has 0 bridgehead atoms. The van der Waals surface area contributed by atoms with Crippen LogP contribution in [0.4, 0.5) is 0 Å². The van der Waals surface area contributed by atoms with Crippen LogP contribution in [0.3, 0.4) is 0 Å². The van der Waals surface area contributed by atoms with Gasteiger partial charge in [0, 0.05) is 34.9 Å². The fraction of sp³-hybridized carbons (Fsp3) is 0.263. The number of H-pyrrole nitrogens is 1. The predicted molar refractivity (Wildman–Crippen MR) is 95.3 cm³/mol. The van der Waals surface area contributed by atoms with Crippen LogP contribution in [0.1, 0.15) is 37.8 Å². The summed E-state index contributed by atoms with van der Waals surface area (Å²) in [5, 5.41) is 4.87. The van der Waals surface area contributed by atoms with Crippen molar-refractivity contribution in [3.05, 3.63) is 52.5 Å². The fourth-order valence-electron chi connectivity index (χ4n) is 3.11. The number of carbonyl (C=O) groups excluding carboxylic acids is 3. The summed E-state index contributed by atoms with van der Waals surface area (Å²) in [6.45, 7) is 4.63. The Labute approximate surface area is 150 Å². The van der Waals surface area contributed by atoms with E-state index in [0.29, 0.717) is 22.6 Å². The van der Waals surface area contributed by atoms with Crippen LogP contribution in [-0.4, -0.2) is 38.9 Å². The molecule has 0 aliphatic heterocycles. The van der Waals surface area contributed by atoms with E-state index >= 15 is 0 Å². The quantitative estimate of drug-likeness (QED) is 0.432. The van der Waals surface area contributed by atoms with E-state index in [0.717, 1.165) is 10.9 Å². The van der Waals surface area contributed by atoms with Gasteiger partial charge in [0.25, 0.3) is 5.78 Å². The molecular weight excluding hydrogens is 334 g/mol. The zero-order valence-electron chi connectivity index (χ0n) is 15.0. The minimum Gasteiger partial charge on any atom is -0.451 e. The lowest BCUT2D eigenvalue weighted by molar-refractivity contribution is -0.137. The van der Waals surface area contributed by atoms with Crippen molar-refractivity contribution in [1.29, 1.82) is 0 Å². The highest BCUT2D eigenvalue weighted by Crippen LogP contribution is 2.22. The summed E-state index contributed by atoms with van der Waals surface area (Å²) >= 11 is 0. The molecule has 134 valence electrons. The average molecular weight is 353 g/mol. The molecule has 3 rings (SSSR count). The largest absolute Gasteiger partial charge is 0.451 e. The lowest BCUT2D eigenvalue weighted by atomic mass is 10.1. The first kappa shape index (κ1) is 17.6. The van der Waals surface area contributed by atoms with Crippen molar-refractivity contribution in [1.82, 2.24) is 14.8 Å². The number of rotatable bonds is 5. The van der Waals surface area contributed by atoms with E-state index in [1.807, 2.05) is 24.3 Å². The minimum absolute atomic E-state index is 0.216. The number of fused-ring (bicyclic) bond motifs is 1. The first-order chi connectivity index (χ1) is 12.3. The Morgan fingerprint density at radius 3 is 2.46 bits per heavy atom. The van der Waals surface area contributed by atoms with Gasteiger partial charge in [-0.3, -0.25) is 14.3 Å². The van der Waals surface area contributed by atoms with Crippen molar-refractivity contribution in [2.24, 2.45) is 7.05 Å². The van der Waals surface area contributed by atoms with Gasteiger partial charge in [-0.25, -0.2) is 4.79 Å². The number of para-hydroxylation sites is 1. The monoisotopic (exact) mass is 353 g/mol. The lowest BCUT2D eigenvalue weighted by Crippen LogP contribution is -2.22. The van der Waals surface area contributed by atoms with Gasteiger partial charge in [0.2, 0.25) is 5.78 Å². The number of aromatic amines is 1. The Balaban J connectivity index is 1.76. The third-order valence-electron chi connectivity index (χ3n) is 4.43. The number of nitrogens with one attached hydrogen (secondary N) is 1. The maximum absolute atomic E-state index is 12.5. The van der Waals surface area contributed by atoms with Crippen molar-refractivity contribution in [3.8, 4) is 0 Å². The van der Waals surface area contributed by atoms with Gasteiger partial charge in [0.05, 0.1) is 11.3 Å². The van der Waals surface area contributed by atoms with Gasteiger partial charge in [0.15, 0.2) is 6.61 Å². The molecule has 2 aromatic heterocycles. The summed E-state index contributed by atoms with van der Waals surface area (Å²) in [6.07, 6.45) is 0. The van der Waals surface area contributed by atoms with Crippen LogP contribution in [0.5, 0.6) is 0 Å². The van der Waals surface area contributed by atoms with Crippen molar-refractivity contribution >= 4 is 28.4 Å². The number of esters is 1. The second-order valence-corrected chi connectivity index (χ2v) is 6.17. The maximum atomic E-state index is 12.5. The normalized spacial score (nSPS) is 10.9. The second-order valence-electron chi connectivity index (χ2n) is 6.17. The van der Waals surface area contributed by atoms with Crippen LogP contribution in [-0.2, 0) is 16.6 Å². The van der Waals surface area contributed by atoms with Crippen molar-refractivity contribution in [2.45, 2.75) is 20.8 Å². The van der Waals surface area contributed by atoms with Gasteiger partial charge in [-0.05, 0) is 26.8 Å². The number of hydrogen-bond donors (Lipinski definition) is 1. The molecular formula is C19H19N3O4. The molecule has 0 aliphatic carbocycles. The highest BCUT2D eigenvalue weighted by atomic mass is 16.5. The summed E-state index contributed by atoms with van der Waals surface area (Å²) in [6, 6.07) is 7.38. The highest BCUT2D eigenvalue weighted by Gasteiger charge is 2.26. The fourth-order valence-corrected chi connectivity index (χ4v) is 3.11. The van der Waals surface area contributed by atoms with Crippen LogP contribution in [0.2, 0.25) is 0 Å². The van der Waals surface area contributed by atoms with E-state index in [-0.39, 0.29) is 11.3 Å². The molecule has 1 aromatic carbocycles. The number of aryl methyl sites for hydroxylation is 3. The summed E-state index contributed by atoms with van der Waals surface area (Å²) in [4.78, 5) is 40.1. The van der Waals surface area contributed by atoms with Gasteiger partial charge in [0.1, 0.15) is 0 Å². The third-order valence-corrected chi connectivity index (χ3v) is 4.43. The Morgan fingerprint density at radius 2 is 1.81 bits per heavy atom. The Hall–Kier alpha value is -3.22. The van der Waals surface area contributed by atoms with Gasteiger partial charge in [-0.1, -0.05) is 18.2 Å². The van der Waals surface area contributed by atoms with Gasteiger partial charge in [-0.15, -0.1) is 0 Å². The molecule has 7 nitrogen and oxygen atoms in total. The number of ketones is 2. The molecule has 0 fully saturated rings. The van der Waals surface area contributed by atoms with Gasteiger partial charge >= 0.3 is 5.97 Å². The molecule has 0 amide bonds. The topological polar surface area (TPSA) is 94.0 Å². The second kappa shape index (κ2) is 6.59. The molecule has 0 spiro atoms. The highest BCUT2D eigenvalue weighted by molar-refractivity contribution is 6.41. The molecule has 3 aromatic rings. The molecule has 0 saturated carbocycles. The first-order valence-electron chi connectivity index (χ1n) is 8.13. The van der Waals surface area contributed by atoms with E-state index in [4.69, 9.17) is 4.74 Å². The van der Waals surface area contributed by atoms with E-state index in [1.165, 1.54) is 4.68 Å². The number of benzene rings is 1. The van der Waals surface area contributed by atoms with Crippen molar-refractivity contribution in [3.63, 3.8) is 0 Å². The van der Waals surface area contributed by atoms with Gasteiger partial charge < -0.3 is 9.72 Å². The number of hydrogen-bond acceptors (Lipinski definition) is 5. The molecule has 0 saturated heterocycles. The van der Waals surface area contributed by atoms with Gasteiger partial charge in [-0.2, -0.15) is 5.10 Å². The van der Waals surface area contributed by atoms with Crippen LogP contribution < -0.4 is 0 Å². The molecule has 0 atom stereocenters. The summed E-state index contributed by atoms with van der Waals surface area (Å²) in [7, 11) is 1.69. The molecule has 0 radical (unpaired) electrons. The Kier molecular flexibility index (Phi) is 4.46. The molecule has 2 heterocycles. The van der Waals surface area contributed by atoms with Crippen molar-refractivity contribution in [2.75, 3.05) is 6.61 Å². The molecule has 0 aliphatic rings. The molecule has 1 N–H and O–H groups in total. The number of carbonyl (C=O) groups is 3. The van der Waals surface area contributed by atoms with E-state index in [9.17, 15) is 14.4 Å². The standard InChI is InChI=1S/C19H19N3O4/c1-10-17(13-7-5-6-8-14(13)20-10)15(23)9-26-19(25)18(24)16-11(2)21-22(4)12(16)3/h5-8,20H,9H2,1-4H3. The SMILES string of the molecule is Cc1nn(C)c(C)c1C(=O)C(=O)OCC(=O)c1c(C)[nH]c2ccccc12. The van der Waals surface area contributed by atoms with Crippen LogP contribution >= 0.6 is 0 Å². The van der Waals surface area contributed by atoms with Crippen molar-refractivity contribution < 1.29 is 19.1 Å². The zero-order valence-corrected chi connectivity index (χ0v) is 15.0. The predicted octanol–water partition coefficient (Wildman–Crippen LogP) is 2.44. The third kappa shape index (κ3) is 2.92. The lowest BCUT2D eigenvalue weighted by Gasteiger charge is -2.05. The number of aromatic nitrogens is 3. The zero-order chi connectivity index (χ0) is 19.0. The summed E-state index contributed by atoms with van der Waals surface area (Å²) in [5.41, 5.74) is 3.23. The molecule has 7 heteroatoms. The molecule has 26 heavy (non-hydrogen) atoms. The number of ether oxygens (including phenoxy) is 1. The first-order valence-corrected chi connectivity index (χ1v) is 8.13. The van der Waals surface area contributed by atoms with Crippen LogP contribution in [0.15, 0.2) is 24.3 Å². The maximum Gasteiger partial charge on any atom is 0.380 e. The minimum atomic E-state index is -1.06. The smallest absolute Gasteiger partial charge is 0.380 e. The Bertz CT molecular complexity index is 1040. The number of Topliss-reactive ketones (excluding diaryl/α,β-unsaturated/α-hetero) is 2. The summed E-state index contributed by atoms with van der Waals surface area (Å²) < 4.78 is 6.50. The Morgan fingerprint density at radius 1 is 1.12 bits per heavy atom. The van der Waals surface area contributed by atoms with Crippen LogP contribution in [0.25, 0.3) is 10.9 Å². The average Bonchev–Trinajstić information content (AvgIpc) is 3.07.